The van der Waals surface area contributed by atoms with Crippen LogP contribution < -0.4 is 0 Å². The molecule has 0 N–H and O–H groups in total. The fraction of sp³-hybridized carbons (Fsp3) is 0.462. The van der Waals surface area contributed by atoms with Crippen molar-refractivity contribution in [1.82, 2.24) is 9.78 Å². The maximum Gasteiger partial charge on any atom is 0.0683 e. The smallest absolute Gasteiger partial charge is 0.0683 e. The molecule has 0 saturated heterocycles. The first-order chi connectivity index (χ1) is 7.85. The van der Waals surface area contributed by atoms with Crippen molar-refractivity contribution in [2.45, 2.75) is 26.8 Å². The normalized spacial score (nSPS) is 11.1. The number of nitrogens with zero attached hydrogens (tertiary/aromatic N) is 2. The molecular formula is C13H18N2O. The number of aromatic nitrogens is 2. The van der Waals surface area contributed by atoms with E-state index < -0.39 is 0 Å². The fourth-order valence-electron chi connectivity index (χ4n) is 1.83. The molecule has 86 valence electrons. The molecule has 3 heteroatoms. The molecule has 0 fully saturated rings. The molecule has 0 bridgehead atoms. The van der Waals surface area contributed by atoms with Crippen molar-refractivity contribution in [3.05, 3.63) is 30.0 Å². The summed E-state index contributed by atoms with van der Waals surface area (Å²) in [6.07, 6.45) is 3.00. The van der Waals surface area contributed by atoms with Gasteiger partial charge in [-0.15, -0.1) is 0 Å². The summed E-state index contributed by atoms with van der Waals surface area (Å²) in [5, 5.41) is 5.60. The van der Waals surface area contributed by atoms with E-state index in [9.17, 15) is 0 Å². The lowest BCUT2D eigenvalue weighted by molar-refractivity contribution is 0.137. The predicted octanol–water partition coefficient (Wildman–Crippen LogP) is 2.64. The van der Waals surface area contributed by atoms with Crippen LogP contribution in [0.5, 0.6) is 0 Å². The number of hydrogen-bond donors (Lipinski definition) is 0. The van der Waals surface area contributed by atoms with Crippen LogP contribution in [0.15, 0.2) is 24.4 Å². The molecule has 2 aromatic rings. The van der Waals surface area contributed by atoms with Crippen LogP contribution in [-0.2, 0) is 17.7 Å². The Morgan fingerprint density at radius 2 is 2.19 bits per heavy atom. The summed E-state index contributed by atoms with van der Waals surface area (Å²) in [7, 11) is 0. The zero-order chi connectivity index (χ0) is 11.4. The van der Waals surface area contributed by atoms with Gasteiger partial charge >= 0.3 is 0 Å². The van der Waals surface area contributed by atoms with Gasteiger partial charge in [0.25, 0.3) is 0 Å². The number of hydrogen-bond acceptors (Lipinski definition) is 2. The van der Waals surface area contributed by atoms with Gasteiger partial charge in [0.15, 0.2) is 0 Å². The lowest BCUT2D eigenvalue weighted by atomic mass is 10.1. The topological polar surface area (TPSA) is 27.1 Å². The Hall–Kier alpha value is -1.35. The zero-order valence-electron chi connectivity index (χ0n) is 9.94. The van der Waals surface area contributed by atoms with Crippen LogP contribution in [0.1, 0.15) is 19.4 Å². The minimum Gasteiger partial charge on any atom is -0.380 e. The predicted molar refractivity (Wildman–Crippen MR) is 65.6 cm³/mol. The Morgan fingerprint density at radius 3 is 2.94 bits per heavy atom. The van der Waals surface area contributed by atoms with Crippen molar-refractivity contribution in [3.63, 3.8) is 0 Å². The van der Waals surface area contributed by atoms with Crippen LogP contribution in [0.2, 0.25) is 0 Å². The second-order valence-corrected chi connectivity index (χ2v) is 3.81. The third-order valence-electron chi connectivity index (χ3n) is 2.77. The zero-order valence-corrected chi connectivity index (χ0v) is 9.94. The maximum absolute atomic E-state index is 5.34. The fourth-order valence-corrected chi connectivity index (χ4v) is 1.83. The average Bonchev–Trinajstić information content (AvgIpc) is 2.72. The lowest BCUT2D eigenvalue weighted by Crippen LogP contribution is -2.06. The molecule has 1 aromatic heterocycles. The third kappa shape index (κ3) is 2.25. The van der Waals surface area contributed by atoms with Crippen LogP contribution in [0.25, 0.3) is 10.9 Å². The van der Waals surface area contributed by atoms with E-state index in [-0.39, 0.29) is 0 Å². The van der Waals surface area contributed by atoms with Gasteiger partial charge in [0.05, 0.1) is 24.9 Å². The average molecular weight is 218 g/mol. The molecular weight excluding hydrogens is 200 g/mol. The van der Waals surface area contributed by atoms with Gasteiger partial charge < -0.3 is 4.74 Å². The molecule has 2 rings (SSSR count). The van der Waals surface area contributed by atoms with E-state index >= 15 is 0 Å². The summed E-state index contributed by atoms with van der Waals surface area (Å²) < 4.78 is 7.34. The van der Waals surface area contributed by atoms with E-state index in [0.717, 1.165) is 26.2 Å². The summed E-state index contributed by atoms with van der Waals surface area (Å²) in [5.41, 5.74) is 2.55. The van der Waals surface area contributed by atoms with E-state index in [0.29, 0.717) is 0 Å². The Kier molecular flexibility index (Phi) is 3.57. The van der Waals surface area contributed by atoms with Gasteiger partial charge in [-0.2, -0.15) is 5.10 Å². The molecule has 0 unspecified atom stereocenters. The SMILES string of the molecule is CCOCCn1ncc2cc(CC)ccc21. The van der Waals surface area contributed by atoms with Gasteiger partial charge in [0.1, 0.15) is 0 Å². The second-order valence-electron chi connectivity index (χ2n) is 3.81. The molecule has 1 aromatic carbocycles. The van der Waals surface area contributed by atoms with Gasteiger partial charge in [0.2, 0.25) is 0 Å². The summed E-state index contributed by atoms with van der Waals surface area (Å²) in [6, 6.07) is 6.52. The van der Waals surface area contributed by atoms with E-state index in [1.54, 1.807) is 0 Å². The van der Waals surface area contributed by atoms with Crippen molar-refractivity contribution in [3.8, 4) is 0 Å². The van der Waals surface area contributed by atoms with Crippen molar-refractivity contribution < 1.29 is 4.74 Å². The van der Waals surface area contributed by atoms with Gasteiger partial charge in [-0.25, -0.2) is 0 Å². The first-order valence-electron chi connectivity index (χ1n) is 5.87. The summed E-state index contributed by atoms with van der Waals surface area (Å²) in [4.78, 5) is 0. The summed E-state index contributed by atoms with van der Waals surface area (Å²) in [5.74, 6) is 0. The van der Waals surface area contributed by atoms with E-state index in [4.69, 9.17) is 4.74 Å². The Bertz CT molecular complexity index is 462. The molecule has 0 saturated carbocycles. The van der Waals surface area contributed by atoms with Gasteiger partial charge in [0, 0.05) is 12.0 Å². The monoisotopic (exact) mass is 218 g/mol. The van der Waals surface area contributed by atoms with Gasteiger partial charge in [-0.3, -0.25) is 4.68 Å². The lowest BCUT2D eigenvalue weighted by Gasteiger charge is -2.04. The van der Waals surface area contributed by atoms with Crippen LogP contribution in [0, 0.1) is 0 Å². The molecule has 0 spiro atoms. The molecule has 0 aliphatic heterocycles. The largest absolute Gasteiger partial charge is 0.380 e. The first kappa shape index (κ1) is 11.1. The Balaban J connectivity index is 2.20. The maximum atomic E-state index is 5.34. The minimum absolute atomic E-state index is 0.725. The van der Waals surface area contributed by atoms with Crippen molar-refractivity contribution in [2.24, 2.45) is 0 Å². The quantitative estimate of drug-likeness (QED) is 0.721. The van der Waals surface area contributed by atoms with E-state index in [2.05, 4.69) is 30.2 Å². The number of ether oxygens (including phenoxy) is 1. The molecule has 1 heterocycles. The highest BCUT2D eigenvalue weighted by Crippen LogP contribution is 2.16. The number of fused-ring (bicyclic) bond motifs is 1. The molecule has 0 amide bonds. The number of aryl methyl sites for hydroxylation is 1. The molecule has 0 radical (unpaired) electrons. The van der Waals surface area contributed by atoms with E-state index in [1.807, 2.05) is 17.8 Å². The standard InChI is InChI=1S/C13H18N2O/c1-3-11-5-6-13-12(9-11)10-14-15(13)7-8-16-4-2/h5-6,9-10H,3-4,7-8H2,1-2H3. The number of rotatable bonds is 5. The molecule has 3 nitrogen and oxygen atoms in total. The van der Waals surface area contributed by atoms with Crippen LogP contribution >= 0.6 is 0 Å². The highest BCUT2D eigenvalue weighted by Gasteiger charge is 2.02. The first-order valence-corrected chi connectivity index (χ1v) is 5.87. The summed E-state index contributed by atoms with van der Waals surface area (Å²) in [6.45, 7) is 6.49. The Labute approximate surface area is 96.0 Å². The molecule has 0 atom stereocenters. The summed E-state index contributed by atoms with van der Waals surface area (Å²) >= 11 is 0. The molecule has 16 heavy (non-hydrogen) atoms. The van der Waals surface area contributed by atoms with Crippen molar-refractivity contribution in [2.75, 3.05) is 13.2 Å². The third-order valence-corrected chi connectivity index (χ3v) is 2.77. The minimum atomic E-state index is 0.725. The molecule has 0 aliphatic rings. The van der Waals surface area contributed by atoms with Crippen LogP contribution in [0.4, 0.5) is 0 Å². The van der Waals surface area contributed by atoms with E-state index in [1.165, 1.54) is 16.5 Å². The van der Waals surface area contributed by atoms with Gasteiger partial charge in [-0.05, 0) is 31.0 Å². The highest BCUT2D eigenvalue weighted by molar-refractivity contribution is 5.79. The van der Waals surface area contributed by atoms with Crippen LogP contribution in [-0.4, -0.2) is 23.0 Å². The van der Waals surface area contributed by atoms with Crippen molar-refractivity contribution in [1.29, 1.82) is 0 Å². The number of benzene rings is 1. The van der Waals surface area contributed by atoms with Crippen molar-refractivity contribution >= 4 is 10.9 Å². The second kappa shape index (κ2) is 5.12. The van der Waals surface area contributed by atoms with Gasteiger partial charge in [-0.1, -0.05) is 13.0 Å². The molecule has 0 aliphatic carbocycles. The van der Waals surface area contributed by atoms with Crippen LogP contribution in [0.3, 0.4) is 0 Å². The highest BCUT2D eigenvalue weighted by atomic mass is 16.5. The Morgan fingerprint density at radius 1 is 1.31 bits per heavy atom.